The highest BCUT2D eigenvalue weighted by Crippen LogP contribution is 2.24. The average molecular weight is 280 g/mol. The van der Waals surface area contributed by atoms with E-state index in [2.05, 4.69) is 10.6 Å². The molecule has 0 unspecified atom stereocenters. The monoisotopic (exact) mass is 280 g/mol. The van der Waals surface area contributed by atoms with Crippen molar-refractivity contribution >= 4 is 5.91 Å². The molecule has 0 aromatic heterocycles. The van der Waals surface area contributed by atoms with Gasteiger partial charge in [-0.3, -0.25) is 4.79 Å². The summed E-state index contributed by atoms with van der Waals surface area (Å²) in [4.78, 5) is 12.2. The van der Waals surface area contributed by atoms with Gasteiger partial charge in [-0.1, -0.05) is 0 Å². The SMILES string of the molecule is COc1ccc(C(=O)NC[C@@H]2CNCCO2)c(OC)c1. The number of rotatable bonds is 5. The van der Waals surface area contributed by atoms with Crippen LogP contribution in [0.1, 0.15) is 10.4 Å². The van der Waals surface area contributed by atoms with Gasteiger partial charge in [0.15, 0.2) is 0 Å². The van der Waals surface area contributed by atoms with E-state index in [0.717, 1.165) is 13.1 Å². The van der Waals surface area contributed by atoms with Crippen molar-refractivity contribution in [2.75, 3.05) is 40.5 Å². The summed E-state index contributed by atoms with van der Waals surface area (Å²) in [5.74, 6) is 0.960. The smallest absolute Gasteiger partial charge is 0.255 e. The first-order chi connectivity index (χ1) is 9.74. The van der Waals surface area contributed by atoms with Crippen molar-refractivity contribution < 1.29 is 19.0 Å². The predicted molar refractivity (Wildman–Crippen MR) is 74.5 cm³/mol. The summed E-state index contributed by atoms with van der Waals surface area (Å²) >= 11 is 0. The van der Waals surface area contributed by atoms with Crippen LogP contribution >= 0.6 is 0 Å². The first-order valence-corrected chi connectivity index (χ1v) is 6.57. The van der Waals surface area contributed by atoms with Crippen molar-refractivity contribution in [3.8, 4) is 11.5 Å². The third-order valence-electron chi connectivity index (χ3n) is 3.15. The fraction of sp³-hybridized carbons (Fsp3) is 0.500. The van der Waals surface area contributed by atoms with Crippen LogP contribution in [-0.4, -0.2) is 52.5 Å². The van der Waals surface area contributed by atoms with Gasteiger partial charge in [-0.2, -0.15) is 0 Å². The zero-order valence-electron chi connectivity index (χ0n) is 11.8. The van der Waals surface area contributed by atoms with Crippen molar-refractivity contribution in [3.05, 3.63) is 23.8 Å². The van der Waals surface area contributed by atoms with Crippen LogP contribution < -0.4 is 20.1 Å². The third-order valence-corrected chi connectivity index (χ3v) is 3.15. The molecule has 2 rings (SSSR count). The van der Waals surface area contributed by atoms with Crippen LogP contribution in [0.3, 0.4) is 0 Å². The Labute approximate surface area is 118 Å². The van der Waals surface area contributed by atoms with Gasteiger partial charge in [0.2, 0.25) is 0 Å². The second-order valence-electron chi connectivity index (χ2n) is 4.47. The summed E-state index contributed by atoms with van der Waals surface area (Å²) < 4.78 is 15.9. The lowest BCUT2D eigenvalue weighted by Crippen LogP contribution is -2.45. The maximum atomic E-state index is 12.2. The lowest BCUT2D eigenvalue weighted by molar-refractivity contribution is 0.0287. The van der Waals surface area contributed by atoms with Gasteiger partial charge < -0.3 is 24.8 Å². The first kappa shape index (κ1) is 14.6. The number of methoxy groups -OCH3 is 2. The Bertz CT molecular complexity index is 458. The zero-order chi connectivity index (χ0) is 14.4. The summed E-state index contributed by atoms with van der Waals surface area (Å²) in [6, 6.07) is 5.11. The van der Waals surface area contributed by atoms with Gasteiger partial charge in [0.05, 0.1) is 32.5 Å². The first-order valence-electron chi connectivity index (χ1n) is 6.57. The summed E-state index contributed by atoms with van der Waals surface area (Å²) in [6.45, 7) is 2.75. The zero-order valence-corrected chi connectivity index (χ0v) is 11.8. The summed E-state index contributed by atoms with van der Waals surface area (Å²) in [5, 5.41) is 6.07. The number of ether oxygens (including phenoxy) is 3. The standard InChI is InChI=1S/C14H20N2O4/c1-18-10-3-4-12(13(7-10)19-2)14(17)16-9-11-8-15-5-6-20-11/h3-4,7,11,15H,5-6,8-9H2,1-2H3,(H,16,17)/t11-/m0/s1. The van der Waals surface area contributed by atoms with E-state index < -0.39 is 0 Å². The van der Waals surface area contributed by atoms with E-state index in [1.165, 1.54) is 7.11 Å². The Kier molecular flexibility index (Phi) is 5.20. The van der Waals surface area contributed by atoms with Gasteiger partial charge in [0.1, 0.15) is 11.5 Å². The second kappa shape index (κ2) is 7.12. The van der Waals surface area contributed by atoms with E-state index in [0.29, 0.717) is 30.2 Å². The molecule has 6 nitrogen and oxygen atoms in total. The second-order valence-corrected chi connectivity index (χ2v) is 4.47. The molecule has 20 heavy (non-hydrogen) atoms. The van der Waals surface area contributed by atoms with Crippen LogP contribution in [0.4, 0.5) is 0 Å². The van der Waals surface area contributed by atoms with Crippen LogP contribution in [0.2, 0.25) is 0 Å². The lowest BCUT2D eigenvalue weighted by atomic mass is 10.1. The molecule has 2 N–H and O–H groups in total. The lowest BCUT2D eigenvalue weighted by Gasteiger charge is -2.23. The van der Waals surface area contributed by atoms with Gasteiger partial charge in [-0.25, -0.2) is 0 Å². The van der Waals surface area contributed by atoms with Gasteiger partial charge in [0.25, 0.3) is 5.91 Å². The highest BCUT2D eigenvalue weighted by atomic mass is 16.5. The fourth-order valence-corrected chi connectivity index (χ4v) is 2.04. The molecular weight excluding hydrogens is 260 g/mol. The molecule has 1 heterocycles. The molecule has 1 aromatic carbocycles. The molecule has 0 bridgehead atoms. The van der Waals surface area contributed by atoms with E-state index in [-0.39, 0.29) is 12.0 Å². The molecule has 1 atom stereocenters. The Morgan fingerprint density at radius 3 is 2.95 bits per heavy atom. The largest absolute Gasteiger partial charge is 0.497 e. The summed E-state index contributed by atoms with van der Waals surface area (Å²) in [6.07, 6.45) is 0.0111. The third kappa shape index (κ3) is 3.61. The molecule has 110 valence electrons. The normalized spacial score (nSPS) is 18.4. The molecule has 6 heteroatoms. The molecule has 1 fully saturated rings. The van der Waals surface area contributed by atoms with Gasteiger partial charge in [-0.05, 0) is 12.1 Å². The van der Waals surface area contributed by atoms with E-state index in [4.69, 9.17) is 14.2 Å². The Morgan fingerprint density at radius 1 is 1.45 bits per heavy atom. The van der Waals surface area contributed by atoms with Crippen LogP contribution in [0.5, 0.6) is 11.5 Å². The number of amides is 1. The molecule has 1 amide bonds. The molecule has 1 aromatic rings. The Morgan fingerprint density at radius 2 is 2.30 bits per heavy atom. The quantitative estimate of drug-likeness (QED) is 0.818. The molecular formula is C14H20N2O4. The number of carbonyl (C=O) groups is 1. The minimum atomic E-state index is -0.182. The number of nitrogens with one attached hydrogen (secondary N) is 2. The maximum Gasteiger partial charge on any atom is 0.255 e. The molecule has 0 saturated carbocycles. The maximum absolute atomic E-state index is 12.2. The van der Waals surface area contributed by atoms with Crippen LogP contribution in [-0.2, 0) is 4.74 Å². The Hall–Kier alpha value is -1.79. The number of carbonyl (C=O) groups excluding carboxylic acids is 1. The van der Waals surface area contributed by atoms with Crippen molar-refractivity contribution in [3.63, 3.8) is 0 Å². The van der Waals surface area contributed by atoms with E-state index in [9.17, 15) is 4.79 Å². The van der Waals surface area contributed by atoms with E-state index >= 15 is 0 Å². The van der Waals surface area contributed by atoms with Crippen molar-refractivity contribution in [1.82, 2.24) is 10.6 Å². The van der Waals surface area contributed by atoms with Crippen molar-refractivity contribution in [2.24, 2.45) is 0 Å². The number of morpholine rings is 1. The Balaban J connectivity index is 1.97. The summed E-state index contributed by atoms with van der Waals surface area (Å²) in [7, 11) is 3.10. The summed E-state index contributed by atoms with van der Waals surface area (Å²) in [5.41, 5.74) is 0.483. The fourth-order valence-electron chi connectivity index (χ4n) is 2.04. The number of hydrogen-bond acceptors (Lipinski definition) is 5. The minimum Gasteiger partial charge on any atom is -0.497 e. The molecule has 1 aliphatic rings. The molecule has 0 spiro atoms. The highest BCUT2D eigenvalue weighted by Gasteiger charge is 2.17. The highest BCUT2D eigenvalue weighted by molar-refractivity contribution is 5.97. The molecule has 1 aliphatic heterocycles. The average Bonchev–Trinajstić information content (AvgIpc) is 2.52. The van der Waals surface area contributed by atoms with Crippen LogP contribution in [0, 0.1) is 0 Å². The molecule has 0 radical (unpaired) electrons. The van der Waals surface area contributed by atoms with Crippen molar-refractivity contribution in [2.45, 2.75) is 6.10 Å². The predicted octanol–water partition coefficient (Wildman–Crippen LogP) is 0.422. The van der Waals surface area contributed by atoms with Gasteiger partial charge in [0, 0.05) is 25.7 Å². The molecule has 1 saturated heterocycles. The van der Waals surface area contributed by atoms with Crippen LogP contribution in [0.15, 0.2) is 18.2 Å². The van der Waals surface area contributed by atoms with Crippen LogP contribution in [0.25, 0.3) is 0 Å². The topological polar surface area (TPSA) is 68.8 Å². The minimum absolute atomic E-state index is 0.0111. The molecule has 0 aliphatic carbocycles. The van der Waals surface area contributed by atoms with Gasteiger partial charge in [-0.15, -0.1) is 0 Å². The van der Waals surface area contributed by atoms with Gasteiger partial charge >= 0.3 is 0 Å². The van der Waals surface area contributed by atoms with E-state index in [1.807, 2.05) is 0 Å². The van der Waals surface area contributed by atoms with Crippen molar-refractivity contribution in [1.29, 1.82) is 0 Å². The number of hydrogen-bond donors (Lipinski definition) is 2. The van der Waals surface area contributed by atoms with E-state index in [1.54, 1.807) is 25.3 Å². The number of benzene rings is 1.